The Kier molecular flexibility index (Phi) is 6.37. The molecular formula is C17H30N2O2. The van der Waals surface area contributed by atoms with Crippen molar-refractivity contribution in [3.05, 3.63) is 0 Å². The maximum atomic E-state index is 12.4. The molecule has 2 saturated carbocycles. The van der Waals surface area contributed by atoms with Crippen LogP contribution in [0.2, 0.25) is 0 Å². The molecule has 2 N–H and O–H groups in total. The van der Waals surface area contributed by atoms with E-state index in [0.717, 1.165) is 19.3 Å². The van der Waals surface area contributed by atoms with Gasteiger partial charge in [-0.15, -0.1) is 0 Å². The van der Waals surface area contributed by atoms with Crippen LogP contribution < -0.4 is 10.6 Å². The van der Waals surface area contributed by atoms with E-state index in [9.17, 15) is 9.59 Å². The second-order valence-corrected chi connectivity index (χ2v) is 6.85. The zero-order valence-electron chi connectivity index (χ0n) is 13.5. The molecule has 2 aliphatic rings. The number of hydrogen-bond acceptors (Lipinski definition) is 4. The minimum Gasteiger partial charge on any atom is -0.310 e. The first-order valence-electron chi connectivity index (χ1n) is 8.55. The Morgan fingerprint density at radius 1 is 1.10 bits per heavy atom. The lowest BCUT2D eigenvalue weighted by Gasteiger charge is -2.29. The minimum atomic E-state index is -0.127. The van der Waals surface area contributed by atoms with Gasteiger partial charge in [-0.2, -0.15) is 0 Å². The number of carbonyl (C=O) groups excluding carboxylic acids is 2. The van der Waals surface area contributed by atoms with Gasteiger partial charge in [0.1, 0.15) is 5.78 Å². The van der Waals surface area contributed by atoms with Crippen molar-refractivity contribution in [3.8, 4) is 0 Å². The smallest absolute Gasteiger partial charge is 0.163 e. The Morgan fingerprint density at radius 3 is 2.24 bits per heavy atom. The summed E-state index contributed by atoms with van der Waals surface area (Å²) in [6, 6.07) is -0.184. The van der Waals surface area contributed by atoms with Gasteiger partial charge >= 0.3 is 0 Å². The molecule has 0 unspecified atom stereocenters. The Morgan fingerprint density at radius 2 is 1.76 bits per heavy atom. The van der Waals surface area contributed by atoms with Gasteiger partial charge in [0.15, 0.2) is 5.78 Å². The van der Waals surface area contributed by atoms with Gasteiger partial charge < -0.3 is 10.6 Å². The fourth-order valence-electron chi connectivity index (χ4n) is 3.74. The highest BCUT2D eigenvalue weighted by Crippen LogP contribution is 2.31. The van der Waals surface area contributed by atoms with Crippen molar-refractivity contribution in [2.24, 2.45) is 11.8 Å². The topological polar surface area (TPSA) is 58.2 Å². The van der Waals surface area contributed by atoms with Crippen molar-refractivity contribution in [3.63, 3.8) is 0 Å². The number of ketones is 2. The highest BCUT2D eigenvalue weighted by Gasteiger charge is 2.30. The van der Waals surface area contributed by atoms with Gasteiger partial charge in [0.05, 0.1) is 18.6 Å². The molecule has 0 aliphatic heterocycles. The van der Waals surface area contributed by atoms with Crippen LogP contribution in [0.25, 0.3) is 0 Å². The van der Waals surface area contributed by atoms with Crippen molar-refractivity contribution in [2.75, 3.05) is 13.6 Å². The zero-order chi connectivity index (χ0) is 15.2. The normalized spacial score (nSPS) is 22.8. The predicted octanol–water partition coefficient (Wildman–Crippen LogP) is 2.07. The van der Waals surface area contributed by atoms with E-state index < -0.39 is 0 Å². The molecule has 0 bridgehead atoms. The maximum absolute atomic E-state index is 12.4. The SMILES string of the molecule is CN[C@@H](CC1CCC1)C(=O)CN[C@H](C(C)=O)C1CCCC1. The zero-order valence-corrected chi connectivity index (χ0v) is 13.5. The van der Waals surface area contributed by atoms with Crippen molar-refractivity contribution in [1.29, 1.82) is 0 Å². The highest BCUT2D eigenvalue weighted by molar-refractivity contribution is 5.87. The third-order valence-electron chi connectivity index (χ3n) is 5.34. The molecule has 2 aliphatic carbocycles. The fourth-order valence-corrected chi connectivity index (χ4v) is 3.74. The van der Waals surface area contributed by atoms with Gasteiger partial charge in [-0.05, 0) is 45.1 Å². The molecule has 2 fully saturated rings. The lowest BCUT2D eigenvalue weighted by molar-refractivity contribution is -0.122. The minimum absolute atomic E-state index is 0.0565. The van der Waals surface area contributed by atoms with Crippen molar-refractivity contribution in [2.45, 2.75) is 70.4 Å². The van der Waals surface area contributed by atoms with Gasteiger partial charge in [0, 0.05) is 0 Å². The number of nitrogens with one attached hydrogen (secondary N) is 2. The number of rotatable bonds is 9. The molecule has 2 rings (SSSR count). The Labute approximate surface area is 128 Å². The standard InChI is InChI=1S/C17H30N2O2/c1-12(20)17(14-8-3-4-9-14)19-11-16(21)15(18-2)10-13-6-5-7-13/h13-15,17-19H,3-11H2,1-2H3/t15-,17+/m0/s1. The van der Waals surface area contributed by atoms with E-state index >= 15 is 0 Å². The molecule has 0 amide bonds. The van der Waals surface area contributed by atoms with Gasteiger partial charge in [-0.25, -0.2) is 0 Å². The van der Waals surface area contributed by atoms with Gasteiger partial charge in [0.2, 0.25) is 0 Å². The van der Waals surface area contributed by atoms with E-state index in [1.54, 1.807) is 6.92 Å². The molecular weight excluding hydrogens is 264 g/mol. The summed E-state index contributed by atoms with van der Waals surface area (Å²) < 4.78 is 0. The molecule has 0 heterocycles. The van der Waals surface area contributed by atoms with Crippen molar-refractivity contribution in [1.82, 2.24) is 10.6 Å². The first-order valence-corrected chi connectivity index (χ1v) is 8.55. The highest BCUT2D eigenvalue weighted by atomic mass is 16.1. The molecule has 4 heteroatoms. The van der Waals surface area contributed by atoms with Crippen molar-refractivity contribution >= 4 is 11.6 Å². The third kappa shape index (κ3) is 4.62. The van der Waals surface area contributed by atoms with Gasteiger partial charge in [-0.1, -0.05) is 32.1 Å². The summed E-state index contributed by atoms with van der Waals surface area (Å²) in [6.45, 7) is 1.96. The first-order chi connectivity index (χ1) is 10.1. The average molecular weight is 294 g/mol. The summed E-state index contributed by atoms with van der Waals surface area (Å²) in [5.74, 6) is 1.52. The Hall–Kier alpha value is -0.740. The monoisotopic (exact) mass is 294 g/mol. The largest absolute Gasteiger partial charge is 0.310 e. The lowest BCUT2D eigenvalue weighted by Crippen LogP contribution is -2.48. The van der Waals surface area contributed by atoms with Crippen LogP contribution in [0.4, 0.5) is 0 Å². The van der Waals surface area contributed by atoms with Crippen LogP contribution in [0.3, 0.4) is 0 Å². The average Bonchev–Trinajstić information content (AvgIpc) is 2.91. The summed E-state index contributed by atoms with van der Waals surface area (Å²) in [5, 5.41) is 6.39. The molecule has 0 aromatic rings. The summed E-state index contributed by atoms with van der Waals surface area (Å²) in [5.41, 5.74) is 0. The predicted molar refractivity (Wildman–Crippen MR) is 84.2 cm³/mol. The maximum Gasteiger partial charge on any atom is 0.163 e. The first kappa shape index (κ1) is 16.6. The van der Waals surface area contributed by atoms with E-state index in [1.807, 2.05) is 7.05 Å². The van der Waals surface area contributed by atoms with Crippen molar-refractivity contribution < 1.29 is 9.59 Å². The van der Waals surface area contributed by atoms with E-state index in [2.05, 4.69) is 10.6 Å². The number of Topliss-reactive ketones (excluding diaryl/α,β-unsaturated/α-hetero) is 2. The van der Waals surface area contributed by atoms with E-state index in [4.69, 9.17) is 0 Å². The fraction of sp³-hybridized carbons (Fsp3) is 0.882. The Balaban J connectivity index is 1.80. The molecule has 0 aromatic carbocycles. The molecule has 120 valence electrons. The summed E-state index contributed by atoms with van der Waals surface area (Å²) in [6.07, 6.45) is 9.43. The number of likely N-dealkylation sites (N-methyl/N-ethyl adjacent to an activating group) is 1. The van der Waals surface area contributed by atoms with E-state index in [0.29, 0.717) is 18.4 Å². The van der Waals surface area contributed by atoms with E-state index in [-0.39, 0.29) is 23.7 Å². The number of carbonyl (C=O) groups is 2. The summed E-state index contributed by atoms with van der Waals surface area (Å²) >= 11 is 0. The molecule has 0 aromatic heterocycles. The van der Waals surface area contributed by atoms with Gasteiger partial charge in [-0.3, -0.25) is 9.59 Å². The van der Waals surface area contributed by atoms with Crippen LogP contribution in [0, 0.1) is 11.8 Å². The Bertz CT molecular complexity index is 360. The van der Waals surface area contributed by atoms with E-state index in [1.165, 1.54) is 32.1 Å². The molecule has 0 saturated heterocycles. The quantitative estimate of drug-likeness (QED) is 0.683. The molecule has 4 nitrogen and oxygen atoms in total. The van der Waals surface area contributed by atoms with Crippen LogP contribution in [0.1, 0.15) is 58.3 Å². The number of hydrogen-bond donors (Lipinski definition) is 2. The molecule has 2 atom stereocenters. The van der Waals surface area contributed by atoms with Crippen LogP contribution in [-0.4, -0.2) is 37.2 Å². The second kappa shape index (κ2) is 8.04. The molecule has 0 spiro atoms. The van der Waals surface area contributed by atoms with Gasteiger partial charge in [0.25, 0.3) is 0 Å². The van der Waals surface area contributed by atoms with Crippen LogP contribution in [0.15, 0.2) is 0 Å². The molecule has 0 radical (unpaired) electrons. The lowest BCUT2D eigenvalue weighted by atomic mass is 9.80. The summed E-state index contributed by atoms with van der Waals surface area (Å²) in [7, 11) is 1.86. The molecule has 21 heavy (non-hydrogen) atoms. The third-order valence-corrected chi connectivity index (χ3v) is 5.34. The van der Waals surface area contributed by atoms with Crippen LogP contribution >= 0.6 is 0 Å². The van der Waals surface area contributed by atoms with Crippen LogP contribution in [0.5, 0.6) is 0 Å². The van der Waals surface area contributed by atoms with Crippen LogP contribution in [-0.2, 0) is 9.59 Å². The summed E-state index contributed by atoms with van der Waals surface area (Å²) in [4.78, 5) is 24.2. The second-order valence-electron chi connectivity index (χ2n) is 6.85.